The molecule has 2 heterocycles. The predicted octanol–water partition coefficient (Wildman–Crippen LogP) is 0.441. The highest BCUT2D eigenvalue weighted by Gasteiger charge is 2.25. The van der Waals surface area contributed by atoms with Crippen LogP contribution in [0.2, 0.25) is 0 Å². The quantitative estimate of drug-likeness (QED) is 0.765. The number of likely N-dealkylation sites (tertiary alicyclic amines) is 1. The second kappa shape index (κ2) is 7.44. The number of rotatable bonds is 5. The van der Waals surface area contributed by atoms with Crippen LogP contribution in [-0.4, -0.2) is 67.1 Å². The largest absolute Gasteiger partial charge is 0.481 e. The standard InChI is InChI=1S/C13H22N2O5/c16-12(17)4-8-20-11-1-5-15(6-2-11)13(18)14-10-3-7-19-9-10/h10-11H,1-9H2,(H,14,18)(H,16,17). The minimum Gasteiger partial charge on any atom is -0.481 e. The number of aliphatic carboxylic acids is 1. The summed E-state index contributed by atoms with van der Waals surface area (Å²) in [6.45, 7) is 2.85. The molecule has 0 radical (unpaired) electrons. The van der Waals surface area contributed by atoms with E-state index >= 15 is 0 Å². The third kappa shape index (κ3) is 4.64. The third-order valence-corrected chi connectivity index (χ3v) is 3.66. The molecule has 0 bridgehead atoms. The summed E-state index contributed by atoms with van der Waals surface area (Å²) in [7, 11) is 0. The van der Waals surface area contributed by atoms with Crippen molar-refractivity contribution in [2.24, 2.45) is 0 Å². The van der Waals surface area contributed by atoms with Crippen molar-refractivity contribution >= 4 is 12.0 Å². The van der Waals surface area contributed by atoms with E-state index in [1.807, 2.05) is 0 Å². The Hall–Kier alpha value is -1.34. The predicted molar refractivity (Wildman–Crippen MR) is 70.6 cm³/mol. The average Bonchev–Trinajstić information content (AvgIpc) is 2.92. The van der Waals surface area contributed by atoms with Crippen molar-refractivity contribution in [1.29, 1.82) is 0 Å². The highest BCUT2D eigenvalue weighted by Crippen LogP contribution is 2.14. The van der Waals surface area contributed by atoms with Gasteiger partial charge in [-0.2, -0.15) is 0 Å². The Bertz CT molecular complexity index is 336. The lowest BCUT2D eigenvalue weighted by Crippen LogP contribution is -2.49. The monoisotopic (exact) mass is 286 g/mol. The zero-order valence-electron chi connectivity index (χ0n) is 11.5. The van der Waals surface area contributed by atoms with Gasteiger partial charge in [-0.25, -0.2) is 4.79 Å². The molecule has 7 nitrogen and oxygen atoms in total. The molecule has 0 saturated carbocycles. The number of carbonyl (C=O) groups is 2. The van der Waals surface area contributed by atoms with Crippen LogP contribution in [0.3, 0.4) is 0 Å². The van der Waals surface area contributed by atoms with Crippen LogP contribution in [0.25, 0.3) is 0 Å². The van der Waals surface area contributed by atoms with Gasteiger partial charge in [0.1, 0.15) is 0 Å². The van der Waals surface area contributed by atoms with E-state index in [-0.39, 0.29) is 31.2 Å². The smallest absolute Gasteiger partial charge is 0.317 e. The van der Waals surface area contributed by atoms with Gasteiger partial charge >= 0.3 is 12.0 Å². The van der Waals surface area contributed by atoms with Crippen molar-refractivity contribution in [1.82, 2.24) is 10.2 Å². The van der Waals surface area contributed by atoms with Gasteiger partial charge in [0.2, 0.25) is 0 Å². The molecule has 2 amide bonds. The van der Waals surface area contributed by atoms with E-state index in [1.165, 1.54) is 0 Å². The Kier molecular flexibility index (Phi) is 5.60. The van der Waals surface area contributed by atoms with Crippen molar-refractivity contribution in [3.63, 3.8) is 0 Å². The third-order valence-electron chi connectivity index (χ3n) is 3.66. The molecule has 1 unspecified atom stereocenters. The van der Waals surface area contributed by atoms with Crippen LogP contribution in [0.15, 0.2) is 0 Å². The lowest BCUT2D eigenvalue weighted by molar-refractivity contribution is -0.138. The number of hydrogen-bond acceptors (Lipinski definition) is 4. The van der Waals surface area contributed by atoms with E-state index in [0.29, 0.717) is 26.3 Å². The second-order valence-corrected chi connectivity index (χ2v) is 5.21. The minimum absolute atomic E-state index is 0.0301. The van der Waals surface area contributed by atoms with Gasteiger partial charge in [-0.1, -0.05) is 0 Å². The summed E-state index contributed by atoms with van der Waals surface area (Å²) in [5.41, 5.74) is 0. The number of piperidine rings is 1. The SMILES string of the molecule is O=C(O)CCOC1CCN(C(=O)NC2CCOC2)CC1. The molecular weight excluding hydrogens is 264 g/mol. The number of amides is 2. The van der Waals surface area contributed by atoms with Crippen LogP contribution >= 0.6 is 0 Å². The van der Waals surface area contributed by atoms with Gasteiger partial charge in [0, 0.05) is 19.7 Å². The van der Waals surface area contributed by atoms with Crippen molar-refractivity contribution in [2.75, 3.05) is 32.9 Å². The van der Waals surface area contributed by atoms with Gasteiger partial charge in [0.05, 0.1) is 31.8 Å². The number of nitrogens with zero attached hydrogens (tertiary/aromatic N) is 1. The molecule has 0 aromatic carbocycles. The van der Waals surface area contributed by atoms with Gasteiger partial charge in [0.25, 0.3) is 0 Å². The fraction of sp³-hybridized carbons (Fsp3) is 0.846. The van der Waals surface area contributed by atoms with Crippen LogP contribution < -0.4 is 5.32 Å². The second-order valence-electron chi connectivity index (χ2n) is 5.21. The molecule has 2 N–H and O–H groups in total. The lowest BCUT2D eigenvalue weighted by atomic mass is 10.1. The number of ether oxygens (including phenoxy) is 2. The van der Waals surface area contributed by atoms with Gasteiger partial charge in [0.15, 0.2) is 0 Å². The van der Waals surface area contributed by atoms with Gasteiger partial charge in [-0.3, -0.25) is 4.79 Å². The Labute approximate surface area is 118 Å². The number of nitrogens with one attached hydrogen (secondary N) is 1. The van der Waals surface area contributed by atoms with Crippen LogP contribution in [0.4, 0.5) is 4.79 Å². The average molecular weight is 286 g/mol. The molecule has 2 aliphatic rings. The van der Waals surface area contributed by atoms with E-state index < -0.39 is 5.97 Å². The molecule has 2 rings (SSSR count). The summed E-state index contributed by atoms with van der Waals surface area (Å²) in [6, 6.07) is 0.0940. The first-order valence-electron chi connectivity index (χ1n) is 7.11. The highest BCUT2D eigenvalue weighted by atomic mass is 16.5. The first kappa shape index (κ1) is 15.1. The summed E-state index contributed by atoms with van der Waals surface area (Å²) in [5, 5.41) is 11.5. The van der Waals surface area contributed by atoms with Crippen molar-refractivity contribution < 1.29 is 24.2 Å². The zero-order valence-corrected chi connectivity index (χ0v) is 11.5. The number of carboxylic acids is 1. The summed E-state index contributed by atoms with van der Waals surface area (Å²) in [6.07, 6.45) is 2.49. The number of hydrogen-bond donors (Lipinski definition) is 2. The van der Waals surface area contributed by atoms with E-state index in [9.17, 15) is 9.59 Å². The molecule has 1 atom stereocenters. The van der Waals surface area contributed by atoms with Crippen molar-refractivity contribution in [2.45, 2.75) is 37.8 Å². The first-order valence-corrected chi connectivity index (χ1v) is 7.11. The van der Waals surface area contributed by atoms with Crippen LogP contribution in [0, 0.1) is 0 Å². The van der Waals surface area contributed by atoms with Gasteiger partial charge < -0.3 is 24.8 Å². The maximum absolute atomic E-state index is 12.0. The van der Waals surface area contributed by atoms with Gasteiger partial charge in [-0.15, -0.1) is 0 Å². The van der Waals surface area contributed by atoms with Gasteiger partial charge in [-0.05, 0) is 19.3 Å². The van der Waals surface area contributed by atoms with Crippen LogP contribution in [-0.2, 0) is 14.3 Å². The van der Waals surface area contributed by atoms with E-state index in [1.54, 1.807) is 4.90 Å². The van der Waals surface area contributed by atoms with Crippen molar-refractivity contribution in [3.05, 3.63) is 0 Å². The fourth-order valence-electron chi connectivity index (χ4n) is 2.45. The molecule has 2 aliphatic heterocycles. The normalized spacial score (nSPS) is 23.8. The molecule has 2 fully saturated rings. The van der Waals surface area contributed by atoms with Crippen LogP contribution in [0.5, 0.6) is 0 Å². The Morgan fingerprint density at radius 2 is 2.05 bits per heavy atom. The van der Waals surface area contributed by atoms with Crippen LogP contribution in [0.1, 0.15) is 25.7 Å². The first-order chi connectivity index (χ1) is 9.65. The summed E-state index contributed by atoms with van der Waals surface area (Å²) < 4.78 is 10.7. The maximum Gasteiger partial charge on any atom is 0.317 e. The van der Waals surface area contributed by atoms with E-state index in [4.69, 9.17) is 14.6 Å². The molecule has 2 saturated heterocycles. The number of carbonyl (C=O) groups excluding carboxylic acids is 1. The fourth-order valence-corrected chi connectivity index (χ4v) is 2.45. The lowest BCUT2D eigenvalue weighted by Gasteiger charge is -2.32. The topological polar surface area (TPSA) is 88.1 Å². The Morgan fingerprint density at radius 1 is 1.30 bits per heavy atom. The summed E-state index contributed by atoms with van der Waals surface area (Å²) in [5.74, 6) is -0.847. The minimum atomic E-state index is -0.847. The van der Waals surface area contributed by atoms with E-state index in [2.05, 4.69) is 5.32 Å². The van der Waals surface area contributed by atoms with Crippen molar-refractivity contribution in [3.8, 4) is 0 Å². The zero-order chi connectivity index (χ0) is 14.4. The molecule has 7 heteroatoms. The summed E-state index contributed by atoms with van der Waals surface area (Å²) in [4.78, 5) is 24.2. The number of urea groups is 1. The number of carboxylic acid groups (broad SMARTS) is 1. The van der Waals surface area contributed by atoms with E-state index in [0.717, 1.165) is 19.3 Å². The Balaban J connectivity index is 1.62. The Morgan fingerprint density at radius 3 is 2.65 bits per heavy atom. The summed E-state index contributed by atoms with van der Waals surface area (Å²) >= 11 is 0. The molecule has 114 valence electrons. The molecule has 0 aromatic heterocycles. The molecular formula is C13H22N2O5. The molecule has 20 heavy (non-hydrogen) atoms. The molecule has 0 aliphatic carbocycles. The molecule has 0 aromatic rings. The maximum atomic E-state index is 12.0. The molecule has 0 spiro atoms. The highest BCUT2D eigenvalue weighted by molar-refractivity contribution is 5.74.